The molecule has 1 rings (SSSR count). The van der Waals surface area contributed by atoms with Gasteiger partial charge in [0.1, 0.15) is 24.4 Å². The molecule has 79 heavy (non-hydrogen) atoms. The van der Waals surface area contributed by atoms with Crippen molar-refractivity contribution >= 4 is 5.91 Å². The maximum atomic E-state index is 13.1. The zero-order valence-corrected chi connectivity index (χ0v) is 52.2. The number of unbranched alkanes of at least 4 members (excludes halogenated alkanes) is 47. The summed E-state index contributed by atoms with van der Waals surface area (Å²) in [5, 5.41) is 54.7. The SMILES string of the molecule is CCCCCCC/C=C\C/C=C\CCCCCCCCCCCCCC(=O)NC(COC1OC(CO)C(O)C(O)C1O)C(O)/C=C/CCCCCCCCCCCCCCCCCCCCCCCCCCCCCCCCC. The van der Waals surface area contributed by atoms with Crippen LogP contribution >= 0.6 is 0 Å². The third-order valence-electron chi connectivity index (χ3n) is 16.7. The zero-order chi connectivity index (χ0) is 57.2. The minimum Gasteiger partial charge on any atom is -0.394 e. The number of nitrogens with one attached hydrogen (secondary N) is 1. The molecule has 0 aliphatic carbocycles. The Balaban J connectivity index is 2.12. The summed E-state index contributed by atoms with van der Waals surface area (Å²) in [6.45, 7) is 3.82. The molecule has 9 nitrogen and oxygen atoms in total. The monoisotopic (exact) mass is 1120 g/mol. The van der Waals surface area contributed by atoms with Gasteiger partial charge in [0.25, 0.3) is 0 Å². The van der Waals surface area contributed by atoms with Crippen LogP contribution in [0, 0.1) is 0 Å². The highest BCUT2D eigenvalue weighted by molar-refractivity contribution is 5.76. The van der Waals surface area contributed by atoms with Crippen molar-refractivity contribution in [1.29, 1.82) is 0 Å². The minimum absolute atomic E-state index is 0.174. The maximum absolute atomic E-state index is 13.1. The van der Waals surface area contributed by atoms with E-state index in [0.717, 1.165) is 44.9 Å². The smallest absolute Gasteiger partial charge is 0.220 e. The minimum atomic E-state index is -1.57. The molecule has 7 atom stereocenters. The van der Waals surface area contributed by atoms with Gasteiger partial charge >= 0.3 is 0 Å². The lowest BCUT2D eigenvalue weighted by Gasteiger charge is -2.40. The van der Waals surface area contributed by atoms with E-state index in [-0.39, 0.29) is 12.5 Å². The van der Waals surface area contributed by atoms with Gasteiger partial charge in [0.2, 0.25) is 5.91 Å². The van der Waals surface area contributed by atoms with E-state index in [2.05, 4.69) is 43.5 Å². The van der Waals surface area contributed by atoms with Crippen LogP contribution in [0.25, 0.3) is 0 Å². The predicted octanol–water partition coefficient (Wildman–Crippen LogP) is 18.6. The molecule has 0 bridgehead atoms. The van der Waals surface area contributed by atoms with Crippen LogP contribution in [0.1, 0.15) is 348 Å². The van der Waals surface area contributed by atoms with Crippen LogP contribution in [-0.4, -0.2) is 87.5 Å². The first-order valence-electron chi connectivity index (χ1n) is 34.7. The van der Waals surface area contributed by atoms with Crippen molar-refractivity contribution in [1.82, 2.24) is 5.32 Å². The van der Waals surface area contributed by atoms with Crippen LogP contribution in [0.5, 0.6) is 0 Å². The van der Waals surface area contributed by atoms with Gasteiger partial charge in [0.15, 0.2) is 6.29 Å². The number of hydrogen-bond donors (Lipinski definition) is 6. The van der Waals surface area contributed by atoms with Gasteiger partial charge < -0.3 is 40.3 Å². The third-order valence-corrected chi connectivity index (χ3v) is 16.7. The molecule has 0 radical (unpaired) electrons. The fraction of sp³-hybridized carbons (Fsp3) is 0.900. The molecule has 9 heteroatoms. The molecule has 1 amide bonds. The van der Waals surface area contributed by atoms with Gasteiger partial charge in [-0.15, -0.1) is 0 Å². The molecule has 0 aromatic carbocycles. The zero-order valence-electron chi connectivity index (χ0n) is 52.2. The fourth-order valence-corrected chi connectivity index (χ4v) is 11.3. The van der Waals surface area contributed by atoms with Gasteiger partial charge in [-0.05, 0) is 51.4 Å². The van der Waals surface area contributed by atoms with E-state index in [1.807, 2.05) is 6.08 Å². The highest BCUT2D eigenvalue weighted by atomic mass is 16.7. The van der Waals surface area contributed by atoms with E-state index in [9.17, 15) is 30.3 Å². The number of carbonyl (C=O) groups is 1. The van der Waals surface area contributed by atoms with E-state index in [1.54, 1.807) is 6.08 Å². The molecule has 0 aromatic rings. The molecule has 1 saturated heterocycles. The Morgan fingerprint density at radius 3 is 1.09 bits per heavy atom. The maximum Gasteiger partial charge on any atom is 0.220 e. The van der Waals surface area contributed by atoms with E-state index >= 15 is 0 Å². The fourth-order valence-electron chi connectivity index (χ4n) is 11.3. The molecule has 1 heterocycles. The van der Waals surface area contributed by atoms with Gasteiger partial charge in [-0.3, -0.25) is 4.79 Å². The number of aliphatic hydroxyl groups is 5. The molecule has 7 unspecified atom stereocenters. The average molecular weight is 1120 g/mol. The summed E-state index contributed by atoms with van der Waals surface area (Å²) in [4.78, 5) is 13.1. The lowest BCUT2D eigenvalue weighted by atomic mass is 9.99. The van der Waals surface area contributed by atoms with Crippen molar-refractivity contribution in [2.45, 2.75) is 391 Å². The number of ether oxygens (including phenoxy) is 2. The molecule has 6 N–H and O–H groups in total. The number of allylic oxidation sites excluding steroid dienone is 5. The second-order valence-electron chi connectivity index (χ2n) is 24.3. The Labute approximate surface area is 489 Å². The van der Waals surface area contributed by atoms with Crippen LogP contribution in [-0.2, 0) is 14.3 Å². The third kappa shape index (κ3) is 48.5. The summed E-state index contributed by atoms with van der Waals surface area (Å²) in [7, 11) is 0. The van der Waals surface area contributed by atoms with Gasteiger partial charge in [-0.2, -0.15) is 0 Å². The summed E-state index contributed by atoms with van der Waals surface area (Å²) >= 11 is 0. The molecule has 0 aromatic heterocycles. The van der Waals surface area contributed by atoms with Gasteiger partial charge in [0.05, 0.1) is 25.4 Å². The summed E-state index contributed by atoms with van der Waals surface area (Å²) in [5.74, 6) is -0.174. The standard InChI is InChI=1S/C70H133NO8/c1-3-5-7-9-11-13-15-17-19-21-23-25-27-28-29-30-31-32-33-34-35-36-38-39-41-43-45-47-49-51-53-55-57-59-64(73)63(62-78-70-69(77)68(76)67(75)65(61-72)79-70)71-66(74)60-58-56-54-52-50-48-46-44-42-40-37-26-24-22-20-18-16-14-12-10-8-6-4-2/h16,18,22,24,57,59,63-65,67-70,72-73,75-77H,3-15,17,19-21,23,25-56,58,60-62H2,1-2H3,(H,71,74)/b18-16-,24-22-,59-57+. The number of rotatable bonds is 61. The average Bonchev–Trinajstić information content (AvgIpc) is 3.47. The van der Waals surface area contributed by atoms with Crippen molar-refractivity contribution in [2.24, 2.45) is 0 Å². The highest BCUT2D eigenvalue weighted by Gasteiger charge is 2.44. The quantitative estimate of drug-likeness (QED) is 0.0261. The largest absolute Gasteiger partial charge is 0.394 e. The Bertz CT molecular complexity index is 1340. The first kappa shape index (κ1) is 75.4. The van der Waals surface area contributed by atoms with Crippen LogP contribution in [0.2, 0.25) is 0 Å². The molecular formula is C70H133NO8. The topological polar surface area (TPSA) is 149 Å². The summed E-state index contributed by atoms with van der Waals surface area (Å²) in [6.07, 6.45) is 72.5. The molecule has 466 valence electrons. The first-order valence-corrected chi connectivity index (χ1v) is 34.7. The van der Waals surface area contributed by atoms with Crippen molar-refractivity contribution in [2.75, 3.05) is 13.2 Å². The van der Waals surface area contributed by atoms with Gasteiger partial charge in [-0.25, -0.2) is 0 Å². The van der Waals surface area contributed by atoms with E-state index in [1.165, 1.54) is 283 Å². The number of aliphatic hydroxyl groups excluding tert-OH is 5. The Kier molecular flexibility index (Phi) is 56.9. The summed E-state index contributed by atoms with van der Waals surface area (Å²) in [6, 6.07) is -0.808. The Hall–Kier alpha value is -1.59. The molecular weight excluding hydrogens is 983 g/mol. The van der Waals surface area contributed by atoms with E-state index in [4.69, 9.17) is 9.47 Å². The molecule has 1 aliphatic rings. The van der Waals surface area contributed by atoms with Gasteiger partial charge in [0, 0.05) is 6.42 Å². The number of amides is 1. The molecule has 1 fully saturated rings. The summed E-state index contributed by atoms with van der Waals surface area (Å²) < 4.78 is 11.3. The van der Waals surface area contributed by atoms with Crippen molar-refractivity contribution in [3.63, 3.8) is 0 Å². The normalized spacial score (nSPS) is 18.7. The van der Waals surface area contributed by atoms with Crippen LogP contribution in [0.15, 0.2) is 36.5 Å². The van der Waals surface area contributed by atoms with E-state index in [0.29, 0.717) is 6.42 Å². The van der Waals surface area contributed by atoms with E-state index < -0.39 is 49.5 Å². The van der Waals surface area contributed by atoms with Crippen LogP contribution in [0.3, 0.4) is 0 Å². The first-order chi connectivity index (χ1) is 38.8. The number of carbonyl (C=O) groups excluding carboxylic acids is 1. The Morgan fingerprint density at radius 1 is 0.430 bits per heavy atom. The molecule has 1 aliphatic heterocycles. The number of hydrogen-bond acceptors (Lipinski definition) is 8. The second kappa shape index (κ2) is 59.6. The molecule has 0 spiro atoms. The van der Waals surface area contributed by atoms with Crippen molar-refractivity contribution in [3.05, 3.63) is 36.5 Å². The highest BCUT2D eigenvalue weighted by Crippen LogP contribution is 2.23. The van der Waals surface area contributed by atoms with Crippen LogP contribution < -0.4 is 5.32 Å². The predicted molar refractivity (Wildman–Crippen MR) is 337 cm³/mol. The second-order valence-corrected chi connectivity index (χ2v) is 24.3. The Morgan fingerprint density at radius 2 is 0.747 bits per heavy atom. The van der Waals surface area contributed by atoms with Gasteiger partial charge in [-0.1, -0.05) is 326 Å². The molecule has 0 saturated carbocycles. The lowest BCUT2D eigenvalue weighted by molar-refractivity contribution is -0.302. The lowest BCUT2D eigenvalue weighted by Crippen LogP contribution is -2.60. The summed E-state index contributed by atoms with van der Waals surface area (Å²) in [5.41, 5.74) is 0. The van der Waals surface area contributed by atoms with Crippen molar-refractivity contribution in [3.8, 4) is 0 Å². The van der Waals surface area contributed by atoms with Crippen LogP contribution in [0.4, 0.5) is 0 Å². The van der Waals surface area contributed by atoms with Crippen molar-refractivity contribution < 1.29 is 39.8 Å².